The normalized spacial score (nSPS) is 14.8. The van der Waals surface area contributed by atoms with Gasteiger partial charge in [0.25, 0.3) is 0 Å². The van der Waals surface area contributed by atoms with Gasteiger partial charge in [-0.25, -0.2) is 4.39 Å². The van der Waals surface area contributed by atoms with Gasteiger partial charge in [-0.1, -0.05) is 24.3 Å². The lowest BCUT2D eigenvalue weighted by molar-refractivity contribution is -0.137. The summed E-state index contributed by atoms with van der Waals surface area (Å²) in [6.45, 7) is 1.51. The molecule has 0 fully saturated rings. The second-order valence-corrected chi connectivity index (χ2v) is 5.15. The van der Waals surface area contributed by atoms with Crippen LogP contribution >= 0.6 is 0 Å². The lowest BCUT2D eigenvalue weighted by atomic mass is 9.88. The Labute approximate surface area is 119 Å². The Hall–Kier alpha value is -1.88. The second kappa shape index (κ2) is 5.48. The van der Waals surface area contributed by atoms with Gasteiger partial charge in [-0.05, 0) is 42.3 Å². The minimum Gasteiger partial charge on any atom is -0.385 e. The maximum atomic E-state index is 12.8. The summed E-state index contributed by atoms with van der Waals surface area (Å²) in [4.78, 5) is 0. The Kier molecular flexibility index (Phi) is 4.05. The van der Waals surface area contributed by atoms with Gasteiger partial charge in [-0.15, -0.1) is 0 Å². The summed E-state index contributed by atoms with van der Waals surface area (Å²) in [7, 11) is 0. The van der Waals surface area contributed by atoms with Gasteiger partial charge in [-0.2, -0.15) is 13.2 Å². The van der Waals surface area contributed by atoms with Crippen molar-refractivity contribution in [2.75, 3.05) is 0 Å². The zero-order valence-electron chi connectivity index (χ0n) is 11.3. The molecular weight excluding hydrogens is 284 g/mol. The van der Waals surface area contributed by atoms with E-state index in [4.69, 9.17) is 0 Å². The predicted molar refractivity (Wildman–Crippen MR) is 71.1 cm³/mol. The molecule has 2 rings (SSSR count). The summed E-state index contributed by atoms with van der Waals surface area (Å²) >= 11 is 0. The molecule has 1 unspecified atom stereocenters. The third-order valence-electron chi connectivity index (χ3n) is 3.30. The van der Waals surface area contributed by atoms with E-state index in [0.29, 0.717) is 11.1 Å². The molecule has 0 aliphatic carbocycles. The molecule has 21 heavy (non-hydrogen) atoms. The molecule has 1 N–H and O–H groups in total. The van der Waals surface area contributed by atoms with Crippen LogP contribution in [0, 0.1) is 5.82 Å². The van der Waals surface area contributed by atoms with Gasteiger partial charge in [0.2, 0.25) is 0 Å². The van der Waals surface area contributed by atoms with Crippen molar-refractivity contribution in [1.82, 2.24) is 0 Å². The van der Waals surface area contributed by atoms with Crippen LogP contribution in [0.2, 0.25) is 0 Å². The van der Waals surface area contributed by atoms with E-state index in [1.807, 2.05) is 0 Å². The number of benzene rings is 2. The standard InChI is InChI=1S/C16H14F4O/c1-15(21,10-11-2-8-14(17)9-3-11)12-4-6-13(7-5-12)16(18,19)20/h2-9,21H,10H2,1H3. The average molecular weight is 298 g/mol. The highest BCUT2D eigenvalue weighted by molar-refractivity contribution is 5.30. The second-order valence-electron chi connectivity index (χ2n) is 5.15. The third kappa shape index (κ3) is 3.82. The fraction of sp³-hybridized carbons (Fsp3) is 0.250. The van der Waals surface area contributed by atoms with E-state index < -0.39 is 17.3 Å². The van der Waals surface area contributed by atoms with E-state index in [0.717, 1.165) is 12.1 Å². The summed E-state index contributed by atoms with van der Waals surface area (Å²) in [5.41, 5.74) is -1.02. The van der Waals surface area contributed by atoms with Gasteiger partial charge >= 0.3 is 6.18 Å². The molecule has 0 saturated carbocycles. The Morgan fingerprint density at radius 1 is 0.857 bits per heavy atom. The zero-order chi connectivity index (χ0) is 15.7. The molecule has 0 spiro atoms. The monoisotopic (exact) mass is 298 g/mol. The molecule has 112 valence electrons. The van der Waals surface area contributed by atoms with Gasteiger partial charge < -0.3 is 5.11 Å². The summed E-state index contributed by atoms with van der Waals surface area (Å²) in [6, 6.07) is 10.0. The number of halogens is 4. The first-order chi connectivity index (χ1) is 9.68. The van der Waals surface area contributed by atoms with E-state index in [9.17, 15) is 22.7 Å². The van der Waals surface area contributed by atoms with Gasteiger partial charge in [0, 0.05) is 6.42 Å². The van der Waals surface area contributed by atoms with Crippen LogP contribution in [-0.4, -0.2) is 5.11 Å². The molecule has 0 aliphatic heterocycles. The predicted octanol–water partition coefficient (Wildman–Crippen LogP) is 4.29. The SMILES string of the molecule is CC(O)(Cc1ccc(F)cc1)c1ccc(C(F)(F)F)cc1. The van der Waals surface area contributed by atoms with Crippen molar-refractivity contribution in [3.63, 3.8) is 0 Å². The lowest BCUT2D eigenvalue weighted by Gasteiger charge is -2.24. The topological polar surface area (TPSA) is 20.2 Å². The van der Waals surface area contributed by atoms with E-state index in [1.54, 1.807) is 0 Å². The lowest BCUT2D eigenvalue weighted by Crippen LogP contribution is -2.24. The number of aliphatic hydroxyl groups is 1. The molecule has 5 heteroatoms. The van der Waals surface area contributed by atoms with Crippen LogP contribution < -0.4 is 0 Å². The van der Waals surface area contributed by atoms with Crippen LogP contribution in [0.5, 0.6) is 0 Å². The van der Waals surface area contributed by atoms with Gasteiger partial charge in [-0.3, -0.25) is 0 Å². The smallest absolute Gasteiger partial charge is 0.385 e. The van der Waals surface area contributed by atoms with E-state index in [1.165, 1.54) is 43.3 Å². The Bertz CT molecular complexity index is 598. The summed E-state index contributed by atoms with van der Waals surface area (Å²) in [5.74, 6) is -0.382. The maximum absolute atomic E-state index is 12.8. The molecule has 2 aromatic carbocycles. The van der Waals surface area contributed by atoms with E-state index in [2.05, 4.69) is 0 Å². The molecule has 1 atom stereocenters. The van der Waals surface area contributed by atoms with Gasteiger partial charge in [0.1, 0.15) is 5.82 Å². The van der Waals surface area contributed by atoms with Crippen molar-refractivity contribution in [3.8, 4) is 0 Å². The Morgan fingerprint density at radius 3 is 1.81 bits per heavy atom. The van der Waals surface area contributed by atoms with Crippen LogP contribution in [0.25, 0.3) is 0 Å². The fourth-order valence-corrected chi connectivity index (χ4v) is 2.12. The van der Waals surface area contributed by atoms with Crippen molar-refractivity contribution >= 4 is 0 Å². The van der Waals surface area contributed by atoms with Gasteiger partial charge in [0.05, 0.1) is 11.2 Å². The number of hydrogen-bond donors (Lipinski definition) is 1. The molecule has 0 heterocycles. The molecule has 2 aromatic rings. The number of hydrogen-bond acceptors (Lipinski definition) is 1. The Balaban J connectivity index is 2.21. The van der Waals surface area contributed by atoms with E-state index in [-0.39, 0.29) is 12.2 Å². The average Bonchev–Trinajstić information content (AvgIpc) is 2.40. The maximum Gasteiger partial charge on any atom is 0.416 e. The zero-order valence-corrected chi connectivity index (χ0v) is 11.3. The highest BCUT2D eigenvalue weighted by Crippen LogP contribution is 2.32. The van der Waals surface area contributed by atoms with Crippen molar-refractivity contribution in [3.05, 3.63) is 71.0 Å². The fourth-order valence-electron chi connectivity index (χ4n) is 2.12. The van der Waals surface area contributed by atoms with Crippen LogP contribution in [0.3, 0.4) is 0 Å². The van der Waals surface area contributed by atoms with Crippen molar-refractivity contribution in [2.45, 2.75) is 25.1 Å². The highest BCUT2D eigenvalue weighted by Gasteiger charge is 2.31. The molecule has 1 nitrogen and oxygen atoms in total. The third-order valence-corrected chi connectivity index (χ3v) is 3.30. The van der Waals surface area contributed by atoms with Crippen molar-refractivity contribution in [1.29, 1.82) is 0 Å². The highest BCUT2D eigenvalue weighted by atomic mass is 19.4. The van der Waals surface area contributed by atoms with E-state index >= 15 is 0 Å². The first-order valence-electron chi connectivity index (χ1n) is 6.33. The van der Waals surface area contributed by atoms with Gasteiger partial charge in [0.15, 0.2) is 0 Å². The van der Waals surface area contributed by atoms with Crippen molar-refractivity contribution < 1.29 is 22.7 Å². The summed E-state index contributed by atoms with van der Waals surface area (Å²) in [6.07, 6.45) is -4.22. The largest absolute Gasteiger partial charge is 0.416 e. The molecule has 0 aliphatic rings. The molecule has 0 radical (unpaired) electrons. The van der Waals surface area contributed by atoms with Crippen LogP contribution in [0.15, 0.2) is 48.5 Å². The minimum atomic E-state index is -4.40. The number of alkyl halides is 3. The first-order valence-corrected chi connectivity index (χ1v) is 6.33. The van der Waals surface area contributed by atoms with Crippen LogP contribution in [0.1, 0.15) is 23.6 Å². The summed E-state index contributed by atoms with van der Waals surface area (Å²) in [5, 5.41) is 10.4. The molecular formula is C16H14F4O. The van der Waals surface area contributed by atoms with Crippen LogP contribution in [0.4, 0.5) is 17.6 Å². The molecule has 0 saturated heterocycles. The number of rotatable bonds is 3. The molecule has 0 aromatic heterocycles. The first kappa shape index (κ1) is 15.5. The summed E-state index contributed by atoms with van der Waals surface area (Å²) < 4.78 is 50.3. The quantitative estimate of drug-likeness (QED) is 0.838. The minimum absolute atomic E-state index is 0.179. The molecule has 0 amide bonds. The molecule has 0 bridgehead atoms. The van der Waals surface area contributed by atoms with Crippen LogP contribution in [-0.2, 0) is 18.2 Å². The Morgan fingerprint density at radius 2 is 1.33 bits per heavy atom. The van der Waals surface area contributed by atoms with Crippen molar-refractivity contribution in [2.24, 2.45) is 0 Å².